The average Bonchev–Trinajstić information content (AvgIpc) is 2.97. The normalized spacial score (nSPS) is 10.9. The highest BCUT2D eigenvalue weighted by Gasteiger charge is 2.18. The van der Waals surface area contributed by atoms with E-state index in [0.29, 0.717) is 12.3 Å². The maximum absolute atomic E-state index is 11.8. The molecule has 1 N–H and O–H groups in total. The summed E-state index contributed by atoms with van der Waals surface area (Å²) in [7, 11) is 0. The van der Waals surface area contributed by atoms with Crippen molar-refractivity contribution >= 4 is 5.97 Å². The van der Waals surface area contributed by atoms with E-state index in [9.17, 15) is 4.79 Å². The molecule has 18 heavy (non-hydrogen) atoms. The largest absolute Gasteiger partial charge is 0.461 e. The van der Waals surface area contributed by atoms with E-state index in [-0.39, 0.29) is 12.0 Å². The van der Waals surface area contributed by atoms with Gasteiger partial charge in [0.1, 0.15) is 5.69 Å². The van der Waals surface area contributed by atoms with Crippen molar-refractivity contribution in [3.05, 3.63) is 30.5 Å². The van der Waals surface area contributed by atoms with Gasteiger partial charge in [-0.15, -0.1) is 0 Å². The van der Waals surface area contributed by atoms with Gasteiger partial charge in [-0.2, -0.15) is 0 Å². The summed E-state index contributed by atoms with van der Waals surface area (Å²) in [6, 6.07) is 2.15. The number of esters is 1. The van der Waals surface area contributed by atoms with Crippen LogP contribution in [-0.2, 0) is 4.74 Å². The standard InChI is InChI=1S/C13H17N3O2/c1-4-18-13(17)12-10(5-6-15-12)11-7-14-8-16(11)9(2)3/h5-9,15H,4H2,1-3H3. The molecule has 2 heterocycles. The van der Waals surface area contributed by atoms with Crippen molar-refractivity contribution in [3.63, 3.8) is 0 Å². The van der Waals surface area contributed by atoms with E-state index in [1.54, 1.807) is 25.6 Å². The summed E-state index contributed by atoms with van der Waals surface area (Å²) in [5.74, 6) is -0.339. The Bertz CT molecular complexity index is 540. The Morgan fingerprint density at radius 1 is 1.56 bits per heavy atom. The van der Waals surface area contributed by atoms with Crippen molar-refractivity contribution in [2.45, 2.75) is 26.8 Å². The third-order valence-corrected chi connectivity index (χ3v) is 2.72. The van der Waals surface area contributed by atoms with Gasteiger partial charge in [-0.25, -0.2) is 9.78 Å². The van der Waals surface area contributed by atoms with Gasteiger partial charge in [0.05, 0.1) is 24.8 Å². The van der Waals surface area contributed by atoms with Crippen LogP contribution in [0.2, 0.25) is 0 Å². The number of nitrogens with one attached hydrogen (secondary N) is 1. The van der Waals surface area contributed by atoms with Crippen LogP contribution in [0.15, 0.2) is 24.8 Å². The van der Waals surface area contributed by atoms with Crippen LogP contribution in [0.5, 0.6) is 0 Å². The number of hydrogen-bond donors (Lipinski definition) is 1. The first-order valence-corrected chi connectivity index (χ1v) is 6.01. The van der Waals surface area contributed by atoms with Gasteiger partial charge in [0, 0.05) is 17.8 Å². The minimum atomic E-state index is -0.339. The minimum absolute atomic E-state index is 0.285. The number of imidazole rings is 1. The van der Waals surface area contributed by atoms with Crippen LogP contribution in [-0.4, -0.2) is 27.1 Å². The van der Waals surface area contributed by atoms with Crippen molar-refractivity contribution in [3.8, 4) is 11.3 Å². The number of nitrogens with zero attached hydrogens (tertiary/aromatic N) is 2. The van der Waals surface area contributed by atoms with Gasteiger partial charge < -0.3 is 14.3 Å². The molecule has 2 aromatic rings. The molecule has 0 saturated carbocycles. The zero-order valence-electron chi connectivity index (χ0n) is 10.8. The number of aromatic amines is 1. The van der Waals surface area contributed by atoms with Gasteiger partial charge in [0.25, 0.3) is 0 Å². The predicted octanol–water partition coefficient (Wildman–Crippen LogP) is 2.64. The summed E-state index contributed by atoms with van der Waals surface area (Å²) < 4.78 is 7.05. The van der Waals surface area contributed by atoms with Crippen LogP contribution < -0.4 is 0 Å². The van der Waals surface area contributed by atoms with Crippen molar-refractivity contribution in [2.24, 2.45) is 0 Å². The zero-order chi connectivity index (χ0) is 13.1. The topological polar surface area (TPSA) is 59.9 Å². The predicted molar refractivity (Wildman–Crippen MR) is 68.4 cm³/mol. The molecule has 0 saturated heterocycles. The molecule has 2 rings (SSSR count). The van der Waals surface area contributed by atoms with E-state index in [1.165, 1.54) is 0 Å². The molecule has 0 aliphatic carbocycles. The monoisotopic (exact) mass is 247 g/mol. The zero-order valence-corrected chi connectivity index (χ0v) is 10.8. The van der Waals surface area contributed by atoms with Gasteiger partial charge in [-0.3, -0.25) is 0 Å². The van der Waals surface area contributed by atoms with Gasteiger partial charge in [0.15, 0.2) is 0 Å². The van der Waals surface area contributed by atoms with Crippen molar-refractivity contribution in [1.82, 2.24) is 14.5 Å². The highest BCUT2D eigenvalue weighted by Crippen LogP contribution is 2.25. The fourth-order valence-corrected chi connectivity index (χ4v) is 1.88. The summed E-state index contributed by atoms with van der Waals surface area (Å²) in [5, 5.41) is 0. The quantitative estimate of drug-likeness (QED) is 0.845. The molecule has 2 aromatic heterocycles. The fraction of sp³-hybridized carbons (Fsp3) is 0.385. The molecule has 96 valence electrons. The fourth-order valence-electron chi connectivity index (χ4n) is 1.88. The number of H-pyrrole nitrogens is 1. The number of hydrogen-bond acceptors (Lipinski definition) is 3. The molecule has 0 fully saturated rings. The first-order chi connectivity index (χ1) is 8.65. The average molecular weight is 247 g/mol. The summed E-state index contributed by atoms with van der Waals surface area (Å²) in [6.07, 6.45) is 5.26. The maximum Gasteiger partial charge on any atom is 0.355 e. The molecule has 0 bridgehead atoms. The second-order valence-corrected chi connectivity index (χ2v) is 4.27. The molecule has 0 radical (unpaired) electrons. The number of rotatable bonds is 4. The lowest BCUT2D eigenvalue weighted by molar-refractivity contribution is 0.0521. The molecule has 5 nitrogen and oxygen atoms in total. The van der Waals surface area contributed by atoms with E-state index in [4.69, 9.17) is 4.74 Å². The van der Waals surface area contributed by atoms with Crippen molar-refractivity contribution in [2.75, 3.05) is 6.61 Å². The van der Waals surface area contributed by atoms with E-state index >= 15 is 0 Å². The molecule has 0 unspecified atom stereocenters. The number of carbonyl (C=O) groups excluding carboxylic acids is 1. The Morgan fingerprint density at radius 3 is 3.00 bits per heavy atom. The van der Waals surface area contributed by atoms with Gasteiger partial charge in [-0.1, -0.05) is 0 Å². The second-order valence-electron chi connectivity index (χ2n) is 4.27. The summed E-state index contributed by atoms with van der Waals surface area (Å²) in [4.78, 5) is 18.9. The van der Waals surface area contributed by atoms with Crippen LogP contribution in [0, 0.1) is 0 Å². The van der Waals surface area contributed by atoms with E-state index in [2.05, 4.69) is 23.8 Å². The smallest absolute Gasteiger partial charge is 0.355 e. The van der Waals surface area contributed by atoms with Gasteiger partial charge >= 0.3 is 5.97 Å². The molecule has 0 amide bonds. The van der Waals surface area contributed by atoms with E-state index in [0.717, 1.165) is 11.3 Å². The second kappa shape index (κ2) is 5.08. The number of ether oxygens (including phenoxy) is 1. The van der Waals surface area contributed by atoms with Crippen molar-refractivity contribution < 1.29 is 9.53 Å². The summed E-state index contributed by atoms with van der Waals surface area (Å²) >= 11 is 0. The van der Waals surface area contributed by atoms with E-state index in [1.807, 2.05) is 10.6 Å². The van der Waals surface area contributed by atoms with Crippen LogP contribution >= 0.6 is 0 Å². The lowest BCUT2D eigenvalue weighted by Gasteiger charge is -2.11. The maximum atomic E-state index is 11.8. The lowest BCUT2D eigenvalue weighted by atomic mass is 10.1. The molecule has 0 aliphatic rings. The van der Waals surface area contributed by atoms with Crippen LogP contribution in [0.4, 0.5) is 0 Å². The highest BCUT2D eigenvalue weighted by molar-refractivity contribution is 5.95. The molecule has 0 spiro atoms. The van der Waals surface area contributed by atoms with E-state index < -0.39 is 0 Å². The summed E-state index contributed by atoms with van der Waals surface area (Å²) in [6.45, 7) is 6.30. The third-order valence-electron chi connectivity index (χ3n) is 2.72. The highest BCUT2D eigenvalue weighted by atomic mass is 16.5. The first kappa shape index (κ1) is 12.4. The SMILES string of the molecule is CCOC(=O)c1[nH]ccc1-c1cncn1C(C)C. The van der Waals surface area contributed by atoms with Crippen LogP contribution in [0.25, 0.3) is 11.3 Å². The Morgan fingerprint density at radius 2 is 2.33 bits per heavy atom. The molecule has 5 heteroatoms. The number of aromatic nitrogens is 3. The minimum Gasteiger partial charge on any atom is -0.461 e. The third kappa shape index (κ3) is 2.16. The Labute approximate surface area is 106 Å². The summed E-state index contributed by atoms with van der Waals surface area (Å²) in [5.41, 5.74) is 2.20. The number of carbonyl (C=O) groups is 1. The lowest BCUT2D eigenvalue weighted by Crippen LogP contribution is -2.08. The molecule has 0 aromatic carbocycles. The van der Waals surface area contributed by atoms with Crippen LogP contribution in [0.1, 0.15) is 37.3 Å². The van der Waals surface area contributed by atoms with Crippen LogP contribution in [0.3, 0.4) is 0 Å². The Hall–Kier alpha value is -2.04. The first-order valence-electron chi connectivity index (χ1n) is 6.01. The van der Waals surface area contributed by atoms with Crippen molar-refractivity contribution in [1.29, 1.82) is 0 Å². The molecular formula is C13H17N3O2. The Balaban J connectivity index is 2.42. The molecule has 0 atom stereocenters. The Kier molecular flexibility index (Phi) is 3.50. The molecular weight excluding hydrogens is 230 g/mol. The van der Waals surface area contributed by atoms with Gasteiger partial charge in [0.2, 0.25) is 0 Å². The van der Waals surface area contributed by atoms with Gasteiger partial charge in [-0.05, 0) is 26.8 Å². The molecule has 0 aliphatic heterocycles.